The lowest BCUT2D eigenvalue weighted by atomic mass is 9.72. The Bertz CT molecular complexity index is 1100. The number of methoxy groups -OCH3 is 3. The molecule has 1 atom stereocenters. The number of thiophene rings is 1. The number of carbonyl (C=O) groups excluding carboxylic acids is 2. The number of hydrogen-bond donors (Lipinski definition) is 3. The topological polar surface area (TPSA) is 112 Å². The molecule has 0 spiro atoms. The predicted octanol–water partition coefficient (Wildman–Crippen LogP) is 4.15. The van der Waals surface area contributed by atoms with Gasteiger partial charge in [0.15, 0.2) is 16.6 Å². The predicted molar refractivity (Wildman–Crippen MR) is 138 cm³/mol. The van der Waals surface area contributed by atoms with Crippen molar-refractivity contribution in [2.45, 2.75) is 40.0 Å². The summed E-state index contributed by atoms with van der Waals surface area (Å²) in [5.41, 5.74) is 7.60. The van der Waals surface area contributed by atoms with Gasteiger partial charge >= 0.3 is 0 Å². The van der Waals surface area contributed by atoms with E-state index in [0.717, 1.165) is 29.7 Å². The van der Waals surface area contributed by atoms with Crippen LogP contribution < -0.4 is 30.6 Å². The third-order valence-electron chi connectivity index (χ3n) is 6.12. The van der Waals surface area contributed by atoms with Gasteiger partial charge in [0, 0.05) is 10.4 Å². The van der Waals surface area contributed by atoms with Crippen molar-refractivity contribution in [2.75, 3.05) is 26.6 Å². The number of hydrogen-bond acceptors (Lipinski definition) is 7. The van der Waals surface area contributed by atoms with Gasteiger partial charge in [0.2, 0.25) is 5.75 Å². The van der Waals surface area contributed by atoms with Crippen LogP contribution >= 0.6 is 23.6 Å². The van der Waals surface area contributed by atoms with Crippen molar-refractivity contribution >= 4 is 45.5 Å². The van der Waals surface area contributed by atoms with Crippen molar-refractivity contribution < 1.29 is 23.8 Å². The molecule has 1 aromatic carbocycles. The zero-order valence-electron chi connectivity index (χ0n) is 20.3. The van der Waals surface area contributed by atoms with Gasteiger partial charge in [-0.3, -0.25) is 14.9 Å². The highest BCUT2D eigenvalue weighted by atomic mass is 32.1. The van der Waals surface area contributed by atoms with Gasteiger partial charge in [-0.05, 0) is 60.5 Å². The molecule has 1 aromatic heterocycles. The van der Waals surface area contributed by atoms with Crippen molar-refractivity contribution in [1.29, 1.82) is 0 Å². The Labute approximate surface area is 209 Å². The van der Waals surface area contributed by atoms with Gasteiger partial charge in [0.1, 0.15) is 5.00 Å². The molecule has 0 aliphatic heterocycles. The molecule has 8 nitrogen and oxygen atoms in total. The molecule has 0 radical (unpaired) electrons. The fraction of sp³-hybridized carbons (Fsp3) is 0.458. The minimum absolute atomic E-state index is 0.0622. The Hall–Kier alpha value is -2.85. The van der Waals surface area contributed by atoms with E-state index >= 15 is 0 Å². The molecule has 1 aliphatic rings. The summed E-state index contributed by atoms with van der Waals surface area (Å²) in [7, 11) is 4.43. The number of fused-ring (bicyclic) bond motifs is 1. The van der Waals surface area contributed by atoms with Crippen molar-refractivity contribution in [3.63, 3.8) is 0 Å². The fourth-order valence-electron chi connectivity index (χ4n) is 4.20. The second-order valence-corrected chi connectivity index (χ2v) is 10.7. The van der Waals surface area contributed by atoms with Crippen LogP contribution in [0.3, 0.4) is 0 Å². The van der Waals surface area contributed by atoms with Gasteiger partial charge in [0.25, 0.3) is 11.8 Å². The summed E-state index contributed by atoms with van der Waals surface area (Å²) in [6.45, 7) is 6.70. The molecular weight excluding hydrogens is 474 g/mol. The summed E-state index contributed by atoms with van der Waals surface area (Å²) in [5, 5.41) is 6.28. The molecule has 0 fully saturated rings. The normalized spacial score (nSPS) is 15.2. The van der Waals surface area contributed by atoms with E-state index in [9.17, 15) is 9.59 Å². The van der Waals surface area contributed by atoms with E-state index in [1.165, 1.54) is 44.8 Å². The number of benzene rings is 1. The first-order chi connectivity index (χ1) is 16.0. The van der Waals surface area contributed by atoms with Crippen LogP contribution in [0.4, 0.5) is 5.00 Å². The molecule has 1 heterocycles. The van der Waals surface area contributed by atoms with E-state index in [1.54, 1.807) is 0 Å². The van der Waals surface area contributed by atoms with E-state index in [0.29, 0.717) is 33.7 Å². The van der Waals surface area contributed by atoms with Crippen molar-refractivity contribution in [2.24, 2.45) is 17.1 Å². The molecule has 2 amide bonds. The molecule has 4 N–H and O–H groups in total. The number of nitrogens with one attached hydrogen (secondary N) is 2. The summed E-state index contributed by atoms with van der Waals surface area (Å²) in [4.78, 5) is 26.3. The average molecular weight is 506 g/mol. The Kier molecular flexibility index (Phi) is 7.72. The lowest BCUT2D eigenvalue weighted by Crippen LogP contribution is -2.34. The summed E-state index contributed by atoms with van der Waals surface area (Å²) in [6.07, 6.45) is 2.67. The minimum Gasteiger partial charge on any atom is -0.493 e. The van der Waals surface area contributed by atoms with Crippen LogP contribution in [-0.2, 0) is 12.8 Å². The number of amides is 2. The number of primary amides is 1. The Morgan fingerprint density at radius 3 is 2.24 bits per heavy atom. The lowest BCUT2D eigenvalue weighted by molar-refractivity contribution is 0.0974. The average Bonchev–Trinajstić information content (AvgIpc) is 3.14. The molecular formula is C24H31N3O5S2. The van der Waals surface area contributed by atoms with Crippen LogP contribution in [0.5, 0.6) is 17.2 Å². The minimum atomic E-state index is -0.507. The monoisotopic (exact) mass is 505 g/mol. The first-order valence-corrected chi connectivity index (χ1v) is 12.1. The molecule has 0 saturated heterocycles. The Balaban J connectivity index is 1.81. The maximum Gasteiger partial charge on any atom is 0.257 e. The first-order valence-electron chi connectivity index (χ1n) is 10.9. The second-order valence-electron chi connectivity index (χ2n) is 9.20. The van der Waals surface area contributed by atoms with E-state index in [2.05, 4.69) is 31.4 Å². The van der Waals surface area contributed by atoms with Crippen molar-refractivity contribution in [1.82, 2.24) is 5.32 Å². The number of thiocarbonyl (C=S) groups is 1. The van der Waals surface area contributed by atoms with Crippen LogP contribution in [0.2, 0.25) is 0 Å². The Morgan fingerprint density at radius 1 is 1.12 bits per heavy atom. The molecule has 184 valence electrons. The van der Waals surface area contributed by atoms with Gasteiger partial charge in [0.05, 0.1) is 26.9 Å². The van der Waals surface area contributed by atoms with Gasteiger partial charge in [-0.1, -0.05) is 20.8 Å². The van der Waals surface area contributed by atoms with Crippen molar-refractivity contribution in [3.05, 3.63) is 33.7 Å². The van der Waals surface area contributed by atoms with E-state index in [1.807, 2.05) is 0 Å². The quantitative estimate of drug-likeness (QED) is 0.506. The molecule has 0 bridgehead atoms. The summed E-state index contributed by atoms with van der Waals surface area (Å²) in [6, 6.07) is 3.06. The number of carbonyl (C=O) groups is 2. The van der Waals surface area contributed by atoms with Gasteiger partial charge in [-0.25, -0.2) is 0 Å². The van der Waals surface area contributed by atoms with Crippen LogP contribution in [0.25, 0.3) is 0 Å². The summed E-state index contributed by atoms with van der Waals surface area (Å²) >= 11 is 6.85. The molecule has 2 aromatic rings. The number of nitrogens with two attached hydrogens (primary N) is 1. The van der Waals surface area contributed by atoms with Crippen LogP contribution in [0.1, 0.15) is 58.3 Å². The number of ether oxygens (including phenoxy) is 3. The van der Waals surface area contributed by atoms with Gasteiger partial charge in [-0.2, -0.15) is 0 Å². The summed E-state index contributed by atoms with van der Waals surface area (Å²) < 4.78 is 15.9. The molecule has 1 unspecified atom stereocenters. The Morgan fingerprint density at radius 2 is 1.74 bits per heavy atom. The van der Waals surface area contributed by atoms with Crippen LogP contribution in [0.15, 0.2) is 12.1 Å². The largest absolute Gasteiger partial charge is 0.493 e. The third kappa shape index (κ3) is 5.28. The standard InChI is InChI=1S/C24H31N3O5S2/c1-24(2,3)13-7-8-14-17(11-13)34-22(18(14)20(25)28)27-23(33)26-21(29)12-9-15(30-4)19(32-6)16(10-12)31-5/h9-10,13H,7-8,11H2,1-6H3,(H2,25,28)(H2,26,27,29,33). The molecule has 0 saturated carbocycles. The van der Waals surface area contributed by atoms with E-state index < -0.39 is 11.8 Å². The maximum atomic E-state index is 12.9. The number of anilines is 1. The smallest absolute Gasteiger partial charge is 0.257 e. The van der Waals surface area contributed by atoms with Crippen LogP contribution in [-0.4, -0.2) is 38.3 Å². The SMILES string of the molecule is COc1cc(C(=O)NC(=S)Nc2sc3c(c2C(N)=O)CCC(C(C)(C)C)C3)cc(OC)c1OC. The van der Waals surface area contributed by atoms with Crippen LogP contribution in [0, 0.1) is 11.3 Å². The van der Waals surface area contributed by atoms with E-state index in [4.69, 9.17) is 32.2 Å². The van der Waals surface area contributed by atoms with E-state index in [-0.39, 0.29) is 16.1 Å². The van der Waals surface area contributed by atoms with Gasteiger partial charge < -0.3 is 25.3 Å². The zero-order chi connectivity index (χ0) is 25.2. The highest BCUT2D eigenvalue weighted by molar-refractivity contribution is 7.80. The molecule has 1 aliphatic carbocycles. The van der Waals surface area contributed by atoms with Gasteiger partial charge in [-0.15, -0.1) is 11.3 Å². The number of rotatable bonds is 6. The molecule has 10 heteroatoms. The second kappa shape index (κ2) is 10.2. The summed E-state index contributed by atoms with van der Waals surface area (Å²) in [5.74, 6) is 0.618. The molecule has 3 rings (SSSR count). The highest BCUT2D eigenvalue weighted by Crippen LogP contribution is 2.44. The maximum absolute atomic E-state index is 12.9. The molecule has 34 heavy (non-hydrogen) atoms. The van der Waals surface area contributed by atoms with Crippen molar-refractivity contribution in [3.8, 4) is 17.2 Å². The lowest BCUT2D eigenvalue weighted by Gasteiger charge is -2.33. The zero-order valence-corrected chi connectivity index (χ0v) is 21.9. The first kappa shape index (κ1) is 25.8. The fourth-order valence-corrected chi connectivity index (χ4v) is 5.79. The third-order valence-corrected chi connectivity index (χ3v) is 7.49. The highest BCUT2D eigenvalue weighted by Gasteiger charge is 2.33.